The van der Waals surface area contributed by atoms with Crippen molar-refractivity contribution in [2.75, 3.05) is 41.0 Å². The van der Waals surface area contributed by atoms with Crippen LogP contribution >= 0.6 is 0 Å². The van der Waals surface area contributed by atoms with E-state index in [0.29, 0.717) is 12.8 Å². The van der Waals surface area contributed by atoms with E-state index in [0.717, 1.165) is 51.4 Å². The first-order chi connectivity index (χ1) is 27.6. The Hall–Kier alpha value is -1.93. The Balaban J connectivity index is 4.13. The van der Waals surface area contributed by atoms with Crippen molar-refractivity contribution in [3.05, 3.63) is 12.2 Å². The number of unbranched alkanes of at least 4 members (excludes halogenated alkanes) is 28. The van der Waals surface area contributed by atoms with E-state index in [1.807, 2.05) is 0 Å². The van der Waals surface area contributed by atoms with E-state index in [1.54, 1.807) is 21.1 Å². The number of quaternary nitrogens is 1. The van der Waals surface area contributed by atoms with Crippen molar-refractivity contribution < 1.29 is 38.2 Å². The van der Waals surface area contributed by atoms with Crippen LogP contribution in [0.3, 0.4) is 0 Å². The third-order valence-electron chi connectivity index (χ3n) is 11.2. The van der Waals surface area contributed by atoms with Gasteiger partial charge >= 0.3 is 11.9 Å². The van der Waals surface area contributed by atoms with Crippen molar-refractivity contribution in [1.82, 2.24) is 0 Å². The van der Waals surface area contributed by atoms with Gasteiger partial charge in [-0.15, -0.1) is 0 Å². The average Bonchev–Trinajstić information content (AvgIpc) is 3.17. The number of rotatable bonds is 44. The Kier molecular flexibility index (Phi) is 39.4. The van der Waals surface area contributed by atoms with Crippen LogP contribution in [-0.4, -0.2) is 75.5 Å². The van der Waals surface area contributed by atoms with E-state index in [4.69, 9.17) is 14.2 Å². The molecule has 0 spiro atoms. The van der Waals surface area contributed by atoms with Gasteiger partial charge < -0.3 is 28.6 Å². The molecule has 0 aromatic rings. The highest BCUT2D eigenvalue weighted by atomic mass is 16.6. The quantitative estimate of drug-likeness (QED) is 0.0261. The van der Waals surface area contributed by atoms with Crippen LogP contribution in [0.25, 0.3) is 0 Å². The van der Waals surface area contributed by atoms with Crippen molar-refractivity contribution in [3.63, 3.8) is 0 Å². The maximum absolute atomic E-state index is 12.7. The lowest BCUT2D eigenvalue weighted by molar-refractivity contribution is -0.889. The topological polar surface area (TPSA) is 102 Å². The summed E-state index contributed by atoms with van der Waals surface area (Å²) in [6, 6.07) is -0.723. The summed E-state index contributed by atoms with van der Waals surface area (Å²) in [7, 11) is 5.41. The number of aliphatic carboxylic acids is 1. The SMILES string of the molecule is CCCC/C=C/CCCCCCCC(=O)OC(COCCC(C(=O)[O-])[N+](C)(C)C)COC(=O)CCCCCCCCCCCCCCCCCCCCCCCC. The lowest BCUT2D eigenvalue weighted by Crippen LogP contribution is -2.55. The number of esters is 2. The molecular formula is C49H93NO7. The average molecular weight is 808 g/mol. The Bertz CT molecular complexity index is 947. The smallest absolute Gasteiger partial charge is 0.306 e. The first kappa shape index (κ1) is 55.1. The molecule has 0 amide bonds. The second kappa shape index (κ2) is 40.8. The summed E-state index contributed by atoms with van der Waals surface area (Å²) >= 11 is 0. The summed E-state index contributed by atoms with van der Waals surface area (Å²) in [4.78, 5) is 36.9. The van der Waals surface area contributed by atoms with Gasteiger partial charge in [-0.05, 0) is 32.1 Å². The molecule has 0 bridgehead atoms. The minimum absolute atomic E-state index is 0.0428. The lowest BCUT2D eigenvalue weighted by Gasteiger charge is -2.34. The summed E-state index contributed by atoms with van der Waals surface area (Å²) in [5.41, 5.74) is 0. The highest BCUT2D eigenvalue weighted by Crippen LogP contribution is 2.16. The fourth-order valence-electron chi connectivity index (χ4n) is 7.35. The number of carbonyl (C=O) groups is 3. The predicted molar refractivity (Wildman–Crippen MR) is 236 cm³/mol. The molecule has 0 aliphatic heterocycles. The maximum atomic E-state index is 12.7. The van der Waals surface area contributed by atoms with Gasteiger partial charge in [0.25, 0.3) is 0 Å². The lowest BCUT2D eigenvalue weighted by atomic mass is 10.0. The molecule has 0 aromatic heterocycles. The molecule has 8 heteroatoms. The molecular weight excluding hydrogens is 715 g/mol. The second-order valence-corrected chi connectivity index (χ2v) is 17.7. The number of nitrogens with zero attached hydrogens (tertiary/aromatic N) is 1. The van der Waals surface area contributed by atoms with Crippen LogP contribution in [0, 0.1) is 0 Å². The largest absolute Gasteiger partial charge is 0.544 e. The van der Waals surface area contributed by atoms with E-state index >= 15 is 0 Å². The van der Waals surface area contributed by atoms with Crippen molar-refractivity contribution in [2.45, 2.75) is 244 Å². The summed E-state index contributed by atoms with van der Waals surface area (Å²) in [6.07, 6.45) is 43.9. The molecule has 0 aromatic carbocycles. The monoisotopic (exact) mass is 808 g/mol. The molecule has 0 N–H and O–H groups in total. The van der Waals surface area contributed by atoms with Gasteiger partial charge in [-0.1, -0.05) is 193 Å². The van der Waals surface area contributed by atoms with Gasteiger partial charge in [0.05, 0.1) is 40.3 Å². The van der Waals surface area contributed by atoms with Crippen LogP contribution in [0.4, 0.5) is 0 Å². The molecule has 0 fully saturated rings. The summed E-state index contributed by atoms with van der Waals surface area (Å²) in [5.74, 6) is -1.73. The molecule has 2 atom stereocenters. The first-order valence-corrected chi connectivity index (χ1v) is 24.2. The highest BCUT2D eigenvalue weighted by molar-refractivity contribution is 5.70. The van der Waals surface area contributed by atoms with Crippen molar-refractivity contribution >= 4 is 17.9 Å². The normalized spacial score (nSPS) is 12.9. The Labute approximate surface area is 352 Å². The first-order valence-electron chi connectivity index (χ1n) is 24.2. The molecule has 2 unspecified atom stereocenters. The number of likely N-dealkylation sites (N-methyl/N-ethyl adjacent to an activating group) is 1. The van der Waals surface area contributed by atoms with E-state index in [2.05, 4.69) is 26.0 Å². The summed E-state index contributed by atoms with van der Waals surface area (Å²) in [5, 5.41) is 11.6. The van der Waals surface area contributed by atoms with Gasteiger partial charge in [0.1, 0.15) is 12.6 Å². The van der Waals surface area contributed by atoms with Crippen LogP contribution in [0.5, 0.6) is 0 Å². The van der Waals surface area contributed by atoms with Gasteiger partial charge in [0.2, 0.25) is 0 Å². The number of carbonyl (C=O) groups excluding carboxylic acids is 3. The Morgan fingerprint density at radius 1 is 0.509 bits per heavy atom. The predicted octanol–water partition coefficient (Wildman–Crippen LogP) is 12.1. The molecule has 0 saturated heterocycles. The summed E-state index contributed by atoms with van der Waals surface area (Å²) < 4.78 is 17.2. The summed E-state index contributed by atoms with van der Waals surface area (Å²) in [6.45, 7) is 4.65. The minimum Gasteiger partial charge on any atom is -0.544 e. The van der Waals surface area contributed by atoms with Crippen LogP contribution in [0.2, 0.25) is 0 Å². The Morgan fingerprint density at radius 2 is 0.895 bits per heavy atom. The van der Waals surface area contributed by atoms with E-state index < -0.39 is 18.1 Å². The molecule has 0 saturated carbocycles. The fraction of sp³-hybridized carbons (Fsp3) is 0.898. The van der Waals surface area contributed by atoms with Crippen molar-refractivity contribution in [3.8, 4) is 0 Å². The highest BCUT2D eigenvalue weighted by Gasteiger charge is 2.25. The fourth-order valence-corrected chi connectivity index (χ4v) is 7.35. The molecule has 0 aliphatic rings. The van der Waals surface area contributed by atoms with Crippen molar-refractivity contribution in [2.24, 2.45) is 0 Å². The zero-order valence-electron chi connectivity index (χ0n) is 38.3. The van der Waals surface area contributed by atoms with Crippen molar-refractivity contribution in [1.29, 1.82) is 0 Å². The molecule has 57 heavy (non-hydrogen) atoms. The number of carboxylic acid groups (broad SMARTS) is 1. The van der Waals surface area contributed by atoms with E-state index in [9.17, 15) is 19.5 Å². The van der Waals surface area contributed by atoms with Gasteiger partial charge in [0.15, 0.2) is 6.10 Å². The number of hydrogen-bond acceptors (Lipinski definition) is 7. The van der Waals surface area contributed by atoms with Gasteiger partial charge in [0, 0.05) is 19.3 Å². The number of ether oxygens (including phenoxy) is 3. The number of allylic oxidation sites excluding steroid dienone is 2. The molecule has 0 aliphatic carbocycles. The molecule has 0 heterocycles. The van der Waals surface area contributed by atoms with Gasteiger partial charge in [-0.3, -0.25) is 9.59 Å². The van der Waals surface area contributed by atoms with E-state index in [1.165, 1.54) is 148 Å². The van der Waals surface area contributed by atoms with E-state index in [-0.39, 0.29) is 42.7 Å². The third-order valence-corrected chi connectivity index (χ3v) is 11.2. The standard InChI is InChI=1S/C49H93NO7/c1-6-8-10-12-14-16-18-19-20-21-22-23-24-25-26-27-28-30-31-33-35-37-39-47(51)56-44-45(43-55-42-41-46(49(53)54)50(3,4)5)57-48(52)40-38-36-34-32-29-17-15-13-11-9-7-2/h13,15,45-46H,6-12,14,16-44H2,1-5H3/b15-13+. The Morgan fingerprint density at radius 3 is 1.32 bits per heavy atom. The molecule has 0 radical (unpaired) electrons. The van der Waals surface area contributed by atoms with Crippen LogP contribution in [0.15, 0.2) is 12.2 Å². The molecule has 8 nitrogen and oxygen atoms in total. The molecule has 0 rings (SSSR count). The van der Waals surface area contributed by atoms with Crippen LogP contribution < -0.4 is 5.11 Å². The maximum Gasteiger partial charge on any atom is 0.306 e. The third kappa shape index (κ3) is 39.3. The second-order valence-electron chi connectivity index (χ2n) is 17.7. The number of hydrogen-bond donors (Lipinski definition) is 0. The van der Waals surface area contributed by atoms with Gasteiger partial charge in [-0.25, -0.2) is 0 Å². The van der Waals surface area contributed by atoms with Crippen LogP contribution in [0.1, 0.15) is 232 Å². The number of carboxylic acids is 1. The zero-order valence-corrected chi connectivity index (χ0v) is 38.3. The molecule has 336 valence electrons. The van der Waals surface area contributed by atoms with Crippen LogP contribution in [-0.2, 0) is 28.6 Å². The minimum atomic E-state index is -1.12. The zero-order chi connectivity index (χ0) is 42.1. The van der Waals surface area contributed by atoms with Gasteiger partial charge in [-0.2, -0.15) is 0 Å².